The number of aliphatic imine (C=N–C) groups is 1. The summed E-state index contributed by atoms with van der Waals surface area (Å²) in [5.41, 5.74) is 12.5. The maximum absolute atomic E-state index is 12.9. The molecule has 0 fully saturated rings. The fourth-order valence-electron chi connectivity index (χ4n) is 2.97. The highest BCUT2D eigenvalue weighted by molar-refractivity contribution is 6.10. The van der Waals surface area contributed by atoms with E-state index in [0.717, 1.165) is 13.0 Å². The lowest BCUT2D eigenvalue weighted by molar-refractivity contribution is 0.0887. The zero-order valence-electron chi connectivity index (χ0n) is 16.6. The van der Waals surface area contributed by atoms with Crippen molar-refractivity contribution >= 4 is 23.4 Å². The molecule has 0 radical (unpaired) electrons. The number of fused-ring (bicyclic) bond motifs is 1. The Balaban J connectivity index is 2.41. The second kappa shape index (κ2) is 9.36. The average molecular weight is 374 g/mol. The van der Waals surface area contributed by atoms with Gasteiger partial charge in [0.05, 0.1) is 17.7 Å². The summed E-state index contributed by atoms with van der Waals surface area (Å²) in [6.07, 6.45) is 7.07. The number of H-pyrrole nitrogens is 1. The average Bonchev–Trinajstić information content (AvgIpc) is 3.08. The third-order valence-corrected chi connectivity index (χ3v) is 4.37. The monoisotopic (exact) mass is 373 g/mol. The van der Waals surface area contributed by atoms with Crippen LogP contribution in [0.4, 0.5) is 5.82 Å². The number of Topliss-reactive ketones (excluding diaryl/α,β-unsaturated/α-hetero) is 1. The van der Waals surface area contributed by atoms with Crippen molar-refractivity contribution in [2.45, 2.75) is 40.3 Å². The fourth-order valence-corrected chi connectivity index (χ4v) is 2.97. The van der Waals surface area contributed by atoms with Crippen LogP contribution in [0, 0.1) is 11.8 Å². The summed E-state index contributed by atoms with van der Waals surface area (Å²) >= 11 is 0. The van der Waals surface area contributed by atoms with E-state index in [1.54, 1.807) is 12.4 Å². The summed E-state index contributed by atoms with van der Waals surface area (Å²) < 4.78 is 0. The zero-order valence-corrected chi connectivity index (χ0v) is 16.6. The lowest BCUT2D eigenvalue weighted by Gasteiger charge is -2.37. The van der Waals surface area contributed by atoms with E-state index in [4.69, 9.17) is 11.5 Å². The summed E-state index contributed by atoms with van der Waals surface area (Å²) in [6, 6.07) is 0. The molecular formula is C19H31N7O. The Morgan fingerprint density at radius 3 is 2.78 bits per heavy atom. The number of anilines is 1. The molecule has 0 amide bonds. The summed E-state index contributed by atoms with van der Waals surface area (Å²) in [7, 11) is 0. The van der Waals surface area contributed by atoms with Crippen LogP contribution in [0.3, 0.4) is 0 Å². The van der Waals surface area contributed by atoms with Crippen LogP contribution in [0.15, 0.2) is 23.6 Å². The van der Waals surface area contributed by atoms with Gasteiger partial charge in [0.15, 0.2) is 11.6 Å². The predicted octanol–water partition coefficient (Wildman–Crippen LogP) is 1.83. The first-order chi connectivity index (χ1) is 12.9. The van der Waals surface area contributed by atoms with Crippen molar-refractivity contribution in [2.75, 3.05) is 18.0 Å². The minimum absolute atomic E-state index is 0.00881. The molecule has 2 rings (SSSR count). The van der Waals surface area contributed by atoms with Gasteiger partial charge in [-0.3, -0.25) is 15.1 Å². The Morgan fingerprint density at radius 1 is 1.44 bits per heavy atom. The normalized spacial score (nSPS) is 21.0. The standard InChI is InChI=1S/C19H31N7O/c1-5-7-23-18-13(4)16(27)15-19(26(18)8-6-20)25-17(24-15)14(9-21)11-22-10-12(2)3/h6,8-9,11-13,18,23H,5,7,10,20-21H2,1-4H3,(H,24,25)/b8-6-,14-9?,22-11?. The molecule has 1 aromatic rings. The first-order valence-corrected chi connectivity index (χ1v) is 9.40. The number of aromatic nitrogens is 2. The van der Waals surface area contributed by atoms with E-state index in [1.807, 2.05) is 11.8 Å². The third kappa shape index (κ3) is 4.57. The SMILES string of the molecule is CCCNC1C(C)C(=O)c2[nH]c(C(C=NCC(C)C)=CN)nc2N1/C=C\N. The van der Waals surface area contributed by atoms with Crippen LogP contribution in [-0.4, -0.2) is 41.2 Å². The zero-order chi connectivity index (χ0) is 20.0. The summed E-state index contributed by atoms with van der Waals surface area (Å²) in [5, 5.41) is 3.41. The van der Waals surface area contributed by atoms with E-state index in [-0.39, 0.29) is 17.9 Å². The highest BCUT2D eigenvalue weighted by atomic mass is 16.1. The quantitative estimate of drug-likeness (QED) is 0.515. The molecule has 1 aromatic heterocycles. The number of carbonyl (C=O) groups is 1. The molecule has 2 unspecified atom stereocenters. The van der Waals surface area contributed by atoms with Crippen LogP contribution in [-0.2, 0) is 0 Å². The molecule has 0 saturated carbocycles. The van der Waals surface area contributed by atoms with Gasteiger partial charge in [0.2, 0.25) is 0 Å². The Bertz CT molecular complexity index is 732. The first kappa shape index (κ1) is 20.7. The second-order valence-electron chi connectivity index (χ2n) is 7.09. The number of rotatable bonds is 8. The highest BCUT2D eigenvalue weighted by Crippen LogP contribution is 2.32. The Hall–Kier alpha value is -2.61. The van der Waals surface area contributed by atoms with E-state index >= 15 is 0 Å². The lowest BCUT2D eigenvalue weighted by atomic mass is 9.95. The molecule has 8 heteroatoms. The van der Waals surface area contributed by atoms with Crippen molar-refractivity contribution in [3.05, 3.63) is 30.1 Å². The van der Waals surface area contributed by atoms with Gasteiger partial charge in [0, 0.05) is 31.4 Å². The molecular weight excluding hydrogens is 342 g/mol. The molecule has 1 aliphatic rings. The molecule has 0 aliphatic carbocycles. The van der Waals surface area contributed by atoms with Gasteiger partial charge in [-0.2, -0.15) is 0 Å². The minimum atomic E-state index is -0.256. The molecule has 2 heterocycles. The number of ketones is 1. The summed E-state index contributed by atoms with van der Waals surface area (Å²) in [6.45, 7) is 9.65. The largest absolute Gasteiger partial charge is 0.404 e. The number of imidazole rings is 1. The molecule has 2 atom stereocenters. The van der Waals surface area contributed by atoms with Gasteiger partial charge in [-0.25, -0.2) is 4.98 Å². The van der Waals surface area contributed by atoms with Crippen molar-refractivity contribution in [1.82, 2.24) is 15.3 Å². The topological polar surface area (TPSA) is 125 Å². The van der Waals surface area contributed by atoms with Crippen molar-refractivity contribution in [1.29, 1.82) is 0 Å². The van der Waals surface area contributed by atoms with Gasteiger partial charge in [0.1, 0.15) is 11.5 Å². The van der Waals surface area contributed by atoms with E-state index in [2.05, 4.69) is 41.0 Å². The van der Waals surface area contributed by atoms with Crippen LogP contribution < -0.4 is 21.7 Å². The van der Waals surface area contributed by atoms with Crippen LogP contribution in [0.25, 0.3) is 5.57 Å². The third-order valence-electron chi connectivity index (χ3n) is 4.37. The summed E-state index contributed by atoms with van der Waals surface area (Å²) in [5.74, 6) is 1.26. The van der Waals surface area contributed by atoms with Crippen LogP contribution >= 0.6 is 0 Å². The van der Waals surface area contributed by atoms with Gasteiger partial charge >= 0.3 is 0 Å². The predicted molar refractivity (Wildman–Crippen MR) is 110 cm³/mol. The van der Waals surface area contributed by atoms with Gasteiger partial charge in [0.25, 0.3) is 0 Å². The molecule has 0 spiro atoms. The van der Waals surface area contributed by atoms with Crippen molar-refractivity contribution in [3.8, 4) is 0 Å². The number of allylic oxidation sites excluding steroid dienone is 1. The van der Waals surface area contributed by atoms with E-state index in [9.17, 15) is 4.79 Å². The number of hydrogen-bond donors (Lipinski definition) is 4. The van der Waals surface area contributed by atoms with Crippen molar-refractivity contribution in [3.63, 3.8) is 0 Å². The van der Waals surface area contributed by atoms with Crippen molar-refractivity contribution < 1.29 is 4.79 Å². The van der Waals surface area contributed by atoms with Gasteiger partial charge in [-0.15, -0.1) is 0 Å². The lowest BCUT2D eigenvalue weighted by Crippen LogP contribution is -2.53. The number of hydrogen-bond acceptors (Lipinski definition) is 7. The molecule has 27 heavy (non-hydrogen) atoms. The molecule has 0 bridgehead atoms. The smallest absolute Gasteiger partial charge is 0.189 e. The number of nitrogens with two attached hydrogens (primary N) is 2. The molecule has 1 aliphatic heterocycles. The molecule has 6 N–H and O–H groups in total. The van der Waals surface area contributed by atoms with Gasteiger partial charge < -0.3 is 21.4 Å². The Morgan fingerprint density at radius 2 is 2.19 bits per heavy atom. The van der Waals surface area contributed by atoms with Crippen LogP contribution in [0.1, 0.15) is 50.4 Å². The molecule has 148 valence electrons. The van der Waals surface area contributed by atoms with E-state index in [0.29, 0.717) is 35.4 Å². The van der Waals surface area contributed by atoms with E-state index < -0.39 is 0 Å². The highest BCUT2D eigenvalue weighted by Gasteiger charge is 2.39. The van der Waals surface area contributed by atoms with Crippen LogP contribution in [0.2, 0.25) is 0 Å². The maximum atomic E-state index is 12.9. The molecule has 8 nitrogen and oxygen atoms in total. The molecule has 0 saturated heterocycles. The number of nitrogens with one attached hydrogen (secondary N) is 2. The van der Waals surface area contributed by atoms with Gasteiger partial charge in [-0.05, 0) is 18.9 Å². The minimum Gasteiger partial charge on any atom is -0.404 e. The van der Waals surface area contributed by atoms with Crippen LogP contribution in [0.5, 0.6) is 0 Å². The fraction of sp³-hybridized carbons (Fsp3) is 0.526. The van der Waals surface area contributed by atoms with E-state index in [1.165, 1.54) is 12.4 Å². The number of aromatic amines is 1. The van der Waals surface area contributed by atoms with Crippen molar-refractivity contribution in [2.24, 2.45) is 28.3 Å². The number of carbonyl (C=O) groups excluding carboxylic acids is 1. The first-order valence-electron chi connectivity index (χ1n) is 9.40. The van der Waals surface area contributed by atoms with Gasteiger partial charge in [-0.1, -0.05) is 27.7 Å². The Labute approximate surface area is 160 Å². The number of nitrogens with zero attached hydrogens (tertiary/aromatic N) is 3. The summed E-state index contributed by atoms with van der Waals surface area (Å²) in [4.78, 5) is 26.9. The molecule has 0 aromatic carbocycles. The Kier molecular flexibility index (Phi) is 7.18. The maximum Gasteiger partial charge on any atom is 0.189 e. The second-order valence-corrected chi connectivity index (χ2v) is 7.09.